The fourth-order valence-electron chi connectivity index (χ4n) is 2.78. The summed E-state index contributed by atoms with van der Waals surface area (Å²) in [5.74, 6) is -1.54. The van der Waals surface area contributed by atoms with Gasteiger partial charge in [0.2, 0.25) is 5.91 Å². The maximum atomic E-state index is 12.6. The Balaban J connectivity index is 1.54. The minimum Gasteiger partial charge on any atom is -0.478 e. The molecule has 30 heavy (non-hydrogen) atoms. The van der Waals surface area contributed by atoms with Crippen LogP contribution in [0.1, 0.15) is 28.8 Å². The van der Waals surface area contributed by atoms with E-state index in [0.29, 0.717) is 32.9 Å². The van der Waals surface area contributed by atoms with Crippen LogP contribution in [0.4, 0.5) is 5.69 Å². The number of halogens is 1. The molecule has 0 radical (unpaired) electrons. The Morgan fingerprint density at radius 3 is 2.70 bits per heavy atom. The first-order valence-electron chi connectivity index (χ1n) is 8.98. The number of carboxylic acids is 1. The van der Waals surface area contributed by atoms with Gasteiger partial charge in [-0.15, -0.1) is 0 Å². The molecule has 0 aromatic heterocycles. The molecule has 0 bridgehead atoms. The maximum absolute atomic E-state index is 12.6. The third-order valence-corrected chi connectivity index (χ3v) is 5.97. The number of anilines is 1. The summed E-state index contributed by atoms with van der Waals surface area (Å²) in [5.41, 5.74) is 1.24. The average molecular weight is 461 g/mol. The van der Waals surface area contributed by atoms with Crippen LogP contribution in [-0.4, -0.2) is 38.7 Å². The van der Waals surface area contributed by atoms with Crippen molar-refractivity contribution >= 4 is 69.4 Å². The first-order chi connectivity index (χ1) is 14.3. The summed E-state index contributed by atoms with van der Waals surface area (Å²) in [6.45, 7) is 0.313. The SMILES string of the molecule is O=C(CCCN1C(=O)/C(=C\c2ccccc2Cl)SC1=S)Nc1cccc(C(=O)O)c1. The van der Waals surface area contributed by atoms with Gasteiger partial charge in [0, 0.05) is 23.7 Å². The zero-order valence-electron chi connectivity index (χ0n) is 15.6. The molecule has 0 spiro atoms. The Kier molecular flexibility index (Phi) is 7.25. The van der Waals surface area contributed by atoms with Gasteiger partial charge in [-0.2, -0.15) is 0 Å². The van der Waals surface area contributed by atoms with Crippen molar-refractivity contribution in [3.05, 3.63) is 69.6 Å². The van der Waals surface area contributed by atoms with Crippen LogP contribution >= 0.6 is 35.6 Å². The van der Waals surface area contributed by atoms with Crippen molar-refractivity contribution in [1.82, 2.24) is 4.90 Å². The van der Waals surface area contributed by atoms with Crippen LogP contribution in [0.3, 0.4) is 0 Å². The molecule has 9 heteroatoms. The molecule has 1 saturated heterocycles. The Morgan fingerprint density at radius 1 is 1.20 bits per heavy atom. The quantitative estimate of drug-likeness (QED) is 0.461. The molecule has 2 aromatic carbocycles. The first kappa shape index (κ1) is 22.0. The predicted octanol–water partition coefficient (Wildman–Crippen LogP) is 4.66. The second-order valence-electron chi connectivity index (χ2n) is 6.39. The number of thioether (sulfide) groups is 1. The average Bonchev–Trinajstić information content (AvgIpc) is 2.97. The summed E-state index contributed by atoms with van der Waals surface area (Å²) in [7, 11) is 0. The largest absolute Gasteiger partial charge is 0.478 e. The van der Waals surface area contributed by atoms with E-state index < -0.39 is 5.97 Å². The monoisotopic (exact) mass is 460 g/mol. The van der Waals surface area contributed by atoms with E-state index in [-0.39, 0.29) is 23.8 Å². The fraction of sp³-hybridized carbons (Fsp3) is 0.143. The molecule has 2 amide bonds. The Bertz CT molecular complexity index is 1050. The third kappa shape index (κ3) is 5.47. The molecule has 3 rings (SSSR count). The number of hydrogen-bond acceptors (Lipinski definition) is 5. The fourth-order valence-corrected chi connectivity index (χ4v) is 4.27. The molecule has 1 fully saturated rings. The lowest BCUT2D eigenvalue weighted by Gasteiger charge is -2.14. The van der Waals surface area contributed by atoms with E-state index in [1.807, 2.05) is 18.2 Å². The summed E-state index contributed by atoms with van der Waals surface area (Å²) in [4.78, 5) is 37.8. The van der Waals surface area contributed by atoms with E-state index in [4.69, 9.17) is 28.9 Å². The van der Waals surface area contributed by atoms with Gasteiger partial charge in [0.1, 0.15) is 4.32 Å². The number of benzene rings is 2. The number of nitrogens with one attached hydrogen (secondary N) is 1. The number of hydrogen-bond donors (Lipinski definition) is 2. The van der Waals surface area contributed by atoms with Crippen molar-refractivity contribution in [2.24, 2.45) is 0 Å². The molecule has 1 aliphatic rings. The molecule has 1 heterocycles. The number of rotatable bonds is 7. The number of amides is 2. The van der Waals surface area contributed by atoms with Crippen LogP contribution in [0.25, 0.3) is 6.08 Å². The number of thiocarbonyl (C=S) groups is 1. The number of carbonyl (C=O) groups excluding carboxylic acids is 2. The van der Waals surface area contributed by atoms with Gasteiger partial charge in [0.05, 0.1) is 10.5 Å². The summed E-state index contributed by atoms with van der Waals surface area (Å²) < 4.78 is 0.438. The van der Waals surface area contributed by atoms with Crippen LogP contribution < -0.4 is 5.32 Å². The van der Waals surface area contributed by atoms with Gasteiger partial charge in [0.15, 0.2) is 0 Å². The van der Waals surface area contributed by atoms with Gasteiger partial charge in [0.25, 0.3) is 5.91 Å². The van der Waals surface area contributed by atoms with Crippen molar-refractivity contribution in [2.75, 3.05) is 11.9 Å². The zero-order valence-corrected chi connectivity index (χ0v) is 18.0. The summed E-state index contributed by atoms with van der Waals surface area (Å²) in [5, 5.41) is 12.2. The van der Waals surface area contributed by atoms with Crippen LogP contribution in [0.2, 0.25) is 5.02 Å². The van der Waals surface area contributed by atoms with E-state index in [1.54, 1.807) is 24.3 Å². The van der Waals surface area contributed by atoms with Crippen molar-refractivity contribution in [3.8, 4) is 0 Å². The van der Waals surface area contributed by atoms with Crippen LogP contribution in [0, 0.1) is 0 Å². The zero-order chi connectivity index (χ0) is 21.7. The van der Waals surface area contributed by atoms with Gasteiger partial charge in [-0.1, -0.05) is 59.8 Å². The molecular formula is C21H17ClN2O4S2. The maximum Gasteiger partial charge on any atom is 0.335 e. The lowest BCUT2D eigenvalue weighted by atomic mass is 10.2. The normalized spacial score (nSPS) is 15.0. The molecule has 154 valence electrons. The molecule has 6 nitrogen and oxygen atoms in total. The second-order valence-corrected chi connectivity index (χ2v) is 8.48. The van der Waals surface area contributed by atoms with Crippen LogP contribution in [-0.2, 0) is 9.59 Å². The van der Waals surface area contributed by atoms with Crippen molar-refractivity contribution in [3.63, 3.8) is 0 Å². The van der Waals surface area contributed by atoms with Crippen molar-refractivity contribution in [1.29, 1.82) is 0 Å². The third-order valence-electron chi connectivity index (χ3n) is 4.24. The van der Waals surface area contributed by atoms with Gasteiger partial charge < -0.3 is 10.4 Å². The minimum atomic E-state index is -1.06. The molecule has 0 aliphatic carbocycles. The lowest BCUT2D eigenvalue weighted by Crippen LogP contribution is -2.29. The molecule has 0 saturated carbocycles. The smallest absolute Gasteiger partial charge is 0.335 e. The topological polar surface area (TPSA) is 86.7 Å². The molecule has 2 N–H and O–H groups in total. The van der Waals surface area contributed by atoms with Crippen molar-refractivity contribution < 1.29 is 19.5 Å². The highest BCUT2D eigenvalue weighted by molar-refractivity contribution is 8.26. The Hall–Kier alpha value is -2.68. The number of nitrogens with zero attached hydrogens (tertiary/aromatic N) is 1. The number of carbonyl (C=O) groups is 3. The molecule has 0 unspecified atom stereocenters. The molecule has 0 atom stereocenters. The predicted molar refractivity (Wildman–Crippen MR) is 123 cm³/mol. The van der Waals surface area contributed by atoms with Crippen LogP contribution in [0.15, 0.2) is 53.4 Å². The standard InChI is InChI=1S/C21H17ClN2O4S2/c22-16-8-2-1-5-13(16)12-17-19(26)24(21(29)30-17)10-4-9-18(25)23-15-7-3-6-14(11-15)20(27)28/h1-3,5-8,11-12H,4,9-10H2,(H,23,25)(H,27,28)/b17-12+. The lowest BCUT2D eigenvalue weighted by molar-refractivity contribution is -0.122. The summed E-state index contributed by atoms with van der Waals surface area (Å²) >= 11 is 12.7. The molecule has 2 aromatic rings. The minimum absolute atomic E-state index is 0.0932. The van der Waals surface area contributed by atoms with Gasteiger partial charge in [-0.25, -0.2) is 4.79 Å². The number of carboxylic acid groups (broad SMARTS) is 1. The van der Waals surface area contributed by atoms with Crippen LogP contribution in [0.5, 0.6) is 0 Å². The van der Waals surface area contributed by atoms with Gasteiger partial charge in [-0.3, -0.25) is 14.5 Å². The van der Waals surface area contributed by atoms with E-state index in [9.17, 15) is 14.4 Å². The highest BCUT2D eigenvalue weighted by Crippen LogP contribution is 2.33. The van der Waals surface area contributed by atoms with E-state index in [2.05, 4.69) is 5.32 Å². The summed E-state index contributed by atoms with van der Waals surface area (Å²) in [6, 6.07) is 13.2. The Labute approximate surface area is 187 Å². The first-order valence-corrected chi connectivity index (χ1v) is 10.6. The highest BCUT2D eigenvalue weighted by Gasteiger charge is 2.31. The molecule has 1 aliphatic heterocycles. The molecular weight excluding hydrogens is 444 g/mol. The highest BCUT2D eigenvalue weighted by atomic mass is 35.5. The van der Waals surface area contributed by atoms with E-state index in [0.717, 1.165) is 5.56 Å². The Morgan fingerprint density at radius 2 is 1.97 bits per heavy atom. The van der Waals surface area contributed by atoms with E-state index >= 15 is 0 Å². The van der Waals surface area contributed by atoms with Gasteiger partial charge >= 0.3 is 5.97 Å². The second kappa shape index (κ2) is 9.88. The van der Waals surface area contributed by atoms with Crippen molar-refractivity contribution in [2.45, 2.75) is 12.8 Å². The summed E-state index contributed by atoms with van der Waals surface area (Å²) in [6.07, 6.45) is 2.29. The van der Waals surface area contributed by atoms with E-state index in [1.165, 1.54) is 28.8 Å². The number of aromatic carboxylic acids is 1. The van der Waals surface area contributed by atoms with Gasteiger partial charge in [-0.05, 0) is 42.3 Å².